The van der Waals surface area contributed by atoms with Gasteiger partial charge >= 0.3 is 12.1 Å². The van der Waals surface area contributed by atoms with Crippen molar-refractivity contribution in [3.05, 3.63) is 53.3 Å². The van der Waals surface area contributed by atoms with Gasteiger partial charge < -0.3 is 19.9 Å². The van der Waals surface area contributed by atoms with Crippen LogP contribution in [0.4, 0.5) is 21.7 Å². The number of amides is 1. The molecule has 0 radical (unpaired) electrons. The molecule has 1 aromatic heterocycles. The minimum Gasteiger partial charge on any atom is -0.461 e. The van der Waals surface area contributed by atoms with Crippen molar-refractivity contribution in [1.82, 2.24) is 20.3 Å². The average molecular weight is 510 g/mol. The first kappa shape index (κ1) is 27.4. The number of aromatic nitrogens is 3. The third-order valence-corrected chi connectivity index (χ3v) is 5.75. The number of ketones is 1. The molecule has 1 heterocycles. The highest BCUT2D eigenvalue weighted by Gasteiger charge is 2.18. The van der Waals surface area contributed by atoms with Crippen molar-refractivity contribution in [2.75, 3.05) is 43.1 Å². The van der Waals surface area contributed by atoms with Gasteiger partial charge in [0.15, 0.2) is 0 Å². The number of benzene rings is 1. The lowest BCUT2D eigenvalue weighted by atomic mass is 10.0. The zero-order valence-corrected chi connectivity index (χ0v) is 22.0. The van der Waals surface area contributed by atoms with E-state index in [1.165, 1.54) is 13.0 Å². The van der Waals surface area contributed by atoms with E-state index in [0.29, 0.717) is 25.3 Å². The first-order valence-electron chi connectivity index (χ1n) is 12.0. The molecule has 11 heteroatoms. The average Bonchev–Trinajstić information content (AvgIpc) is 2.83. The molecule has 0 fully saturated rings. The number of allylic oxidation sites excluding steroid dienone is 3. The molecule has 1 aliphatic carbocycles. The van der Waals surface area contributed by atoms with Crippen LogP contribution in [0.1, 0.15) is 33.3 Å². The van der Waals surface area contributed by atoms with Crippen LogP contribution in [0.2, 0.25) is 0 Å². The number of rotatable bonds is 10. The van der Waals surface area contributed by atoms with Crippen LogP contribution in [-0.2, 0) is 9.59 Å². The Balaban J connectivity index is 1.68. The number of likely N-dealkylation sites (N-methyl/N-ethyl adjacent to an activating group) is 1. The molecule has 37 heavy (non-hydrogen) atoms. The fourth-order valence-electron chi connectivity index (χ4n) is 3.65. The monoisotopic (exact) mass is 509 g/mol. The summed E-state index contributed by atoms with van der Waals surface area (Å²) in [5, 5.41) is 2.55. The third kappa shape index (κ3) is 7.18. The van der Waals surface area contributed by atoms with E-state index in [9.17, 15) is 14.0 Å². The summed E-state index contributed by atoms with van der Waals surface area (Å²) in [6.07, 6.45) is 2.18. The van der Waals surface area contributed by atoms with Gasteiger partial charge in [0.1, 0.15) is 6.61 Å². The smallest absolute Gasteiger partial charge is 0.323 e. The van der Waals surface area contributed by atoms with Crippen LogP contribution in [0.15, 0.2) is 46.6 Å². The van der Waals surface area contributed by atoms with Gasteiger partial charge in [0, 0.05) is 32.7 Å². The SMILES string of the molecule is CCN(CC)c1nc(F)nc(OCCN(C)c2ccc(/N=C3/C=C(NC(C)=O)C(=O)C=C3C)c(C)c2)n1. The maximum absolute atomic E-state index is 13.9. The van der Waals surface area contributed by atoms with E-state index < -0.39 is 6.08 Å². The number of ether oxygens (including phenoxy) is 1. The number of anilines is 2. The molecule has 1 amide bonds. The highest BCUT2D eigenvalue weighted by molar-refractivity contribution is 6.22. The fraction of sp³-hybridized carbons (Fsp3) is 0.385. The summed E-state index contributed by atoms with van der Waals surface area (Å²) >= 11 is 0. The normalized spacial score (nSPS) is 14.2. The predicted octanol–water partition coefficient (Wildman–Crippen LogP) is 3.30. The minimum atomic E-state index is -0.875. The van der Waals surface area contributed by atoms with Crippen molar-refractivity contribution in [3.8, 4) is 6.01 Å². The molecular formula is C26H32FN7O3. The predicted molar refractivity (Wildman–Crippen MR) is 141 cm³/mol. The maximum Gasteiger partial charge on any atom is 0.323 e. The second-order valence-electron chi connectivity index (χ2n) is 8.53. The van der Waals surface area contributed by atoms with E-state index in [2.05, 4.69) is 20.3 Å². The number of aliphatic imine (C=N–C) groups is 1. The lowest BCUT2D eigenvalue weighted by Gasteiger charge is -2.21. The van der Waals surface area contributed by atoms with Gasteiger partial charge in [-0.25, -0.2) is 4.99 Å². The summed E-state index contributed by atoms with van der Waals surface area (Å²) < 4.78 is 19.5. The third-order valence-electron chi connectivity index (χ3n) is 5.75. The second kappa shape index (κ2) is 12.2. The Kier molecular flexibility index (Phi) is 9.05. The van der Waals surface area contributed by atoms with Gasteiger partial charge in [0.25, 0.3) is 0 Å². The molecule has 0 spiro atoms. The van der Waals surface area contributed by atoms with Crippen LogP contribution < -0.4 is 19.9 Å². The molecule has 0 unspecified atom stereocenters. The Bertz CT molecular complexity index is 1270. The fourth-order valence-corrected chi connectivity index (χ4v) is 3.65. The van der Waals surface area contributed by atoms with Gasteiger partial charge in [-0.15, -0.1) is 4.98 Å². The molecule has 3 rings (SSSR count). The summed E-state index contributed by atoms with van der Waals surface area (Å²) in [7, 11) is 1.92. The molecule has 1 N–H and O–H groups in total. The van der Waals surface area contributed by atoms with Gasteiger partial charge in [0.2, 0.25) is 17.6 Å². The number of aryl methyl sites for hydroxylation is 1. The van der Waals surface area contributed by atoms with Crippen LogP contribution in [0.25, 0.3) is 0 Å². The van der Waals surface area contributed by atoms with Crippen molar-refractivity contribution < 1.29 is 18.7 Å². The highest BCUT2D eigenvalue weighted by atomic mass is 19.1. The number of halogens is 1. The minimum absolute atomic E-state index is 0.0498. The largest absolute Gasteiger partial charge is 0.461 e. The Morgan fingerprint density at radius 2 is 1.86 bits per heavy atom. The number of carbonyl (C=O) groups excluding carboxylic acids is 2. The van der Waals surface area contributed by atoms with Crippen molar-refractivity contribution in [1.29, 1.82) is 0 Å². The molecule has 0 saturated carbocycles. The lowest BCUT2D eigenvalue weighted by molar-refractivity contribution is -0.120. The van der Waals surface area contributed by atoms with Gasteiger partial charge in [0.05, 0.1) is 23.6 Å². The summed E-state index contributed by atoms with van der Waals surface area (Å²) in [4.78, 5) is 43.6. The first-order chi connectivity index (χ1) is 17.6. The standard InChI is InChI=1S/C26H32FN7O3/c1-7-34(8-2)25-30-24(27)31-26(32-25)37-12-11-33(6)19-9-10-20(16(3)13-19)29-21-15-22(28-18(5)35)23(36)14-17(21)4/h9-10,13-15H,7-8,11-12H2,1-6H3,(H,28,35)/b29-21-. The highest BCUT2D eigenvalue weighted by Crippen LogP contribution is 2.26. The number of nitrogens with one attached hydrogen (secondary N) is 1. The van der Waals surface area contributed by atoms with E-state index in [-0.39, 0.29) is 36.0 Å². The van der Waals surface area contributed by atoms with E-state index in [0.717, 1.165) is 22.5 Å². The van der Waals surface area contributed by atoms with Crippen LogP contribution in [0, 0.1) is 13.0 Å². The molecule has 2 aromatic rings. The van der Waals surface area contributed by atoms with Crippen molar-refractivity contribution in [2.24, 2.45) is 4.99 Å². The molecule has 0 atom stereocenters. The summed E-state index contributed by atoms with van der Waals surface area (Å²) in [6, 6.07) is 5.76. The van der Waals surface area contributed by atoms with E-state index in [4.69, 9.17) is 9.73 Å². The Labute approximate surface area is 216 Å². The topological polar surface area (TPSA) is 113 Å². The summed E-state index contributed by atoms with van der Waals surface area (Å²) in [6.45, 7) is 11.0. The molecule has 196 valence electrons. The number of nitrogens with zero attached hydrogens (tertiary/aromatic N) is 6. The van der Waals surface area contributed by atoms with Crippen LogP contribution in [0.5, 0.6) is 6.01 Å². The Morgan fingerprint density at radius 3 is 2.51 bits per heavy atom. The van der Waals surface area contributed by atoms with Gasteiger partial charge in [-0.05, 0) is 69.2 Å². The lowest BCUT2D eigenvalue weighted by Crippen LogP contribution is -2.27. The van der Waals surface area contributed by atoms with Crippen molar-refractivity contribution >= 4 is 34.7 Å². The number of carbonyl (C=O) groups is 2. The quantitative estimate of drug-likeness (QED) is 0.486. The maximum atomic E-state index is 13.9. The van der Waals surface area contributed by atoms with Crippen LogP contribution in [-0.4, -0.2) is 65.6 Å². The summed E-state index contributed by atoms with van der Waals surface area (Å²) in [5.41, 5.74) is 4.14. The molecule has 1 aliphatic rings. The van der Waals surface area contributed by atoms with Crippen molar-refractivity contribution in [2.45, 2.75) is 34.6 Å². The Morgan fingerprint density at radius 1 is 1.14 bits per heavy atom. The van der Waals surface area contributed by atoms with Gasteiger partial charge in [-0.2, -0.15) is 14.4 Å². The molecule has 1 aromatic carbocycles. The molecule has 0 saturated heterocycles. The summed E-state index contributed by atoms with van der Waals surface area (Å²) in [5.74, 6) is -0.323. The molecule has 10 nitrogen and oxygen atoms in total. The van der Waals surface area contributed by atoms with E-state index in [1.807, 2.05) is 55.8 Å². The molecule has 0 bridgehead atoms. The second-order valence-corrected chi connectivity index (χ2v) is 8.53. The first-order valence-corrected chi connectivity index (χ1v) is 12.0. The van der Waals surface area contributed by atoms with E-state index in [1.54, 1.807) is 13.0 Å². The Hall–Kier alpha value is -4.15. The van der Waals surface area contributed by atoms with Gasteiger partial charge in [-0.1, -0.05) is 0 Å². The van der Waals surface area contributed by atoms with E-state index >= 15 is 0 Å². The van der Waals surface area contributed by atoms with Crippen molar-refractivity contribution in [3.63, 3.8) is 0 Å². The number of hydrogen-bond donors (Lipinski definition) is 1. The molecular weight excluding hydrogens is 477 g/mol. The van der Waals surface area contributed by atoms with Gasteiger partial charge in [-0.3, -0.25) is 9.59 Å². The van der Waals surface area contributed by atoms with Crippen LogP contribution in [0.3, 0.4) is 0 Å². The van der Waals surface area contributed by atoms with Crippen LogP contribution >= 0.6 is 0 Å². The molecule has 0 aliphatic heterocycles. The number of hydrogen-bond acceptors (Lipinski definition) is 9. The zero-order chi connectivity index (χ0) is 27.1. The zero-order valence-electron chi connectivity index (χ0n) is 22.0.